The van der Waals surface area contributed by atoms with E-state index in [2.05, 4.69) is 0 Å². The Kier molecular flexibility index (Phi) is 0.587. The molecule has 1 heterocycles. The van der Waals surface area contributed by atoms with Crippen LogP contribution in [0, 0.1) is 0 Å². The van der Waals surface area contributed by atoms with Crippen LogP contribution in [0.1, 0.15) is 27.5 Å². The van der Waals surface area contributed by atoms with Gasteiger partial charge in [0.2, 0.25) is 0 Å². The van der Waals surface area contributed by atoms with Gasteiger partial charge in [0.05, 0.1) is 0 Å². The molecule has 0 aromatic carbocycles. The summed E-state index contributed by atoms with van der Waals surface area (Å²) in [4.78, 5) is 0. The molecule has 0 unspecified atom stereocenters. The van der Waals surface area contributed by atoms with E-state index in [1.165, 1.54) is 0 Å². The van der Waals surface area contributed by atoms with E-state index in [1.54, 1.807) is 0 Å². The Morgan fingerprint density at radius 3 is 2.12 bits per heavy atom. The molecule has 1 aliphatic heterocycles. The van der Waals surface area contributed by atoms with E-state index in [9.17, 15) is 0 Å². The molecule has 0 aromatic heterocycles. The van der Waals surface area contributed by atoms with Crippen LogP contribution < -0.4 is 0 Å². The first-order chi connectivity index (χ1) is 6.21. The van der Waals surface area contributed by atoms with E-state index < -0.39 is 21.0 Å². The normalized spacial score (nSPS) is 42.0. The van der Waals surface area contributed by atoms with Gasteiger partial charge in [-0.1, -0.05) is 44.3 Å². The van der Waals surface area contributed by atoms with Gasteiger partial charge in [-0.05, 0) is 0 Å². The SMILES string of the molecule is [2H]C([2H])([2H])[Si]1(C([2H])([2H])[2H])CCCCC1. The number of rotatable bonds is 0. The molecule has 1 heteroatoms. The van der Waals surface area contributed by atoms with E-state index in [4.69, 9.17) is 8.22 Å². The maximum Gasteiger partial charge on any atom is 0.0473 e. The summed E-state index contributed by atoms with van der Waals surface area (Å²) in [6.45, 7) is -4.45. The first-order valence-electron chi connectivity index (χ1n) is 6.21. The molecule has 0 radical (unpaired) electrons. The summed E-state index contributed by atoms with van der Waals surface area (Å²) in [5, 5.41) is 0. The average molecular weight is 134 g/mol. The smallest absolute Gasteiger partial charge is 0.0473 e. The Morgan fingerprint density at radius 1 is 1.12 bits per heavy atom. The molecular weight excluding hydrogens is 112 g/mol. The predicted octanol–water partition coefficient (Wildman–Crippen LogP) is 2.88. The van der Waals surface area contributed by atoms with Gasteiger partial charge < -0.3 is 0 Å². The van der Waals surface area contributed by atoms with Crippen LogP contribution in [0.15, 0.2) is 0 Å². The fraction of sp³-hybridized carbons (Fsp3) is 1.00. The number of hydrogen-bond donors (Lipinski definition) is 0. The van der Waals surface area contributed by atoms with Crippen LogP contribution in [0.2, 0.25) is 25.0 Å². The van der Waals surface area contributed by atoms with Gasteiger partial charge in [-0.25, -0.2) is 0 Å². The lowest BCUT2D eigenvalue weighted by Crippen LogP contribution is -2.27. The zero-order chi connectivity index (χ0) is 11.0. The van der Waals surface area contributed by atoms with Crippen LogP contribution in [0.25, 0.3) is 0 Å². The molecule has 0 nitrogen and oxygen atoms in total. The second kappa shape index (κ2) is 2.22. The standard InChI is InChI=1S/C7H16Si/c1-8(2)6-4-3-5-7-8/h3-7H2,1-2H3/i1D3,2D3. The summed E-state index contributed by atoms with van der Waals surface area (Å²) in [7, 11) is -3.09. The zero-order valence-electron chi connectivity index (χ0n) is 11.0. The van der Waals surface area contributed by atoms with Gasteiger partial charge in [0, 0.05) is 16.3 Å². The van der Waals surface area contributed by atoms with Gasteiger partial charge in [0.1, 0.15) is 0 Å². The molecule has 0 aromatic rings. The van der Waals surface area contributed by atoms with Gasteiger partial charge in [0.15, 0.2) is 0 Å². The predicted molar refractivity (Wildman–Crippen MR) is 40.9 cm³/mol. The Hall–Kier alpha value is 0.217. The van der Waals surface area contributed by atoms with Crippen molar-refractivity contribution in [2.45, 2.75) is 44.3 Å². The van der Waals surface area contributed by atoms with Gasteiger partial charge >= 0.3 is 0 Å². The molecule has 0 N–H and O–H groups in total. The van der Waals surface area contributed by atoms with Crippen LogP contribution in [-0.2, 0) is 0 Å². The molecule has 0 aliphatic carbocycles. The van der Waals surface area contributed by atoms with Crippen molar-refractivity contribution in [2.24, 2.45) is 0 Å². The summed E-state index contributed by atoms with van der Waals surface area (Å²) in [5.74, 6) is 0. The summed E-state index contributed by atoms with van der Waals surface area (Å²) >= 11 is 0. The average Bonchev–Trinajstić information content (AvgIpc) is 2.02. The van der Waals surface area contributed by atoms with Crippen molar-refractivity contribution in [1.82, 2.24) is 0 Å². The maximum absolute atomic E-state index is 7.46. The highest BCUT2D eigenvalue weighted by Crippen LogP contribution is 2.27. The van der Waals surface area contributed by atoms with Crippen LogP contribution in [0.4, 0.5) is 0 Å². The fourth-order valence-electron chi connectivity index (χ4n) is 1.16. The largest absolute Gasteiger partial charge is 0.0693 e. The van der Waals surface area contributed by atoms with Crippen molar-refractivity contribution in [3.8, 4) is 0 Å². The van der Waals surface area contributed by atoms with Crippen molar-refractivity contribution in [3.63, 3.8) is 0 Å². The van der Waals surface area contributed by atoms with Crippen LogP contribution >= 0.6 is 0 Å². The van der Waals surface area contributed by atoms with Crippen LogP contribution in [-0.4, -0.2) is 8.07 Å². The summed E-state index contributed by atoms with van der Waals surface area (Å²) in [6, 6.07) is 0.889. The zero-order valence-corrected chi connectivity index (χ0v) is 6.04. The fourth-order valence-corrected chi connectivity index (χ4v) is 3.11. The molecule has 1 aliphatic rings. The monoisotopic (exact) mass is 134 g/mol. The minimum atomic E-state index is -3.09. The van der Waals surface area contributed by atoms with Crippen molar-refractivity contribution >= 4 is 8.07 Å². The molecule has 1 rings (SSSR count). The van der Waals surface area contributed by atoms with Crippen molar-refractivity contribution in [2.75, 3.05) is 0 Å². The molecule has 0 atom stereocenters. The van der Waals surface area contributed by atoms with Crippen molar-refractivity contribution in [1.29, 1.82) is 0 Å². The highest BCUT2D eigenvalue weighted by atomic mass is 28.3. The lowest BCUT2D eigenvalue weighted by Gasteiger charge is -2.26. The van der Waals surface area contributed by atoms with E-state index in [-0.39, 0.29) is 0 Å². The van der Waals surface area contributed by atoms with Crippen LogP contribution in [0.3, 0.4) is 0 Å². The Balaban J connectivity index is 3.01. The maximum atomic E-state index is 7.46. The topological polar surface area (TPSA) is 0 Å². The van der Waals surface area contributed by atoms with Gasteiger partial charge in [-0.3, -0.25) is 0 Å². The van der Waals surface area contributed by atoms with Crippen LogP contribution in [0.5, 0.6) is 0 Å². The highest BCUT2D eigenvalue weighted by molar-refractivity contribution is 6.77. The second-order valence-electron chi connectivity index (χ2n) is 2.64. The number of hydrogen-bond acceptors (Lipinski definition) is 0. The molecule has 8 heavy (non-hydrogen) atoms. The van der Waals surface area contributed by atoms with E-state index >= 15 is 0 Å². The summed E-state index contributed by atoms with van der Waals surface area (Å²) < 4.78 is 44.8. The van der Waals surface area contributed by atoms with Gasteiger partial charge in [-0.15, -0.1) is 0 Å². The van der Waals surface area contributed by atoms with Gasteiger partial charge in [-0.2, -0.15) is 0 Å². The minimum Gasteiger partial charge on any atom is -0.0693 e. The first-order valence-corrected chi connectivity index (χ1v) is 5.62. The molecule has 0 bridgehead atoms. The Labute approximate surface area is 61.7 Å². The third kappa shape index (κ3) is 1.62. The highest BCUT2D eigenvalue weighted by Gasteiger charge is 2.22. The molecule has 1 saturated heterocycles. The second-order valence-corrected chi connectivity index (χ2v) is 5.81. The van der Waals surface area contributed by atoms with Crippen molar-refractivity contribution < 1.29 is 8.22 Å². The molecule has 48 valence electrons. The molecule has 0 saturated carbocycles. The molecular formula is C7H16Si. The molecule has 0 spiro atoms. The summed E-state index contributed by atoms with van der Waals surface area (Å²) in [5.41, 5.74) is 0. The van der Waals surface area contributed by atoms with Gasteiger partial charge in [0.25, 0.3) is 0 Å². The molecule has 1 fully saturated rings. The third-order valence-corrected chi connectivity index (χ3v) is 4.12. The Morgan fingerprint density at radius 2 is 1.75 bits per heavy atom. The van der Waals surface area contributed by atoms with E-state index in [0.29, 0.717) is 12.1 Å². The lowest BCUT2D eigenvalue weighted by atomic mass is 10.3. The summed E-state index contributed by atoms with van der Waals surface area (Å²) in [6.07, 6.45) is 2.55. The van der Waals surface area contributed by atoms with E-state index in [1.807, 2.05) is 0 Å². The van der Waals surface area contributed by atoms with Crippen molar-refractivity contribution in [3.05, 3.63) is 0 Å². The molecule has 0 amide bonds. The van der Waals surface area contributed by atoms with E-state index in [0.717, 1.165) is 19.3 Å². The minimum absolute atomic E-state index is 0.444. The quantitative estimate of drug-likeness (QED) is 0.447. The lowest BCUT2D eigenvalue weighted by molar-refractivity contribution is 0.713. The first kappa shape index (κ1) is 2.12. The Bertz CT molecular complexity index is 183. The third-order valence-electron chi connectivity index (χ3n) is 1.71.